The Bertz CT molecular complexity index is 368. The third kappa shape index (κ3) is 2.22. The SMILES string of the molecule is Cc1nc(CNc2ncns2)cs1. The van der Waals surface area contributed by atoms with Crippen molar-refractivity contribution in [2.24, 2.45) is 0 Å². The summed E-state index contributed by atoms with van der Waals surface area (Å²) < 4.78 is 3.89. The average molecular weight is 212 g/mol. The molecule has 1 N–H and O–H groups in total. The van der Waals surface area contributed by atoms with Crippen LogP contribution < -0.4 is 5.32 Å². The van der Waals surface area contributed by atoms with Crippen molar-refractivity contribution in [3.8, 4) is 0 Å². The lowest BCUT2D eigenvalue weighted by molar-refractivity contribution is 1.05. The van der Waals surface area contributed by atoms with Gasteiger partial charge in [-0.15, -0.1) is 11.3 Å². The maximum atomic E-state index is 4.32. The predicted octanol–water partition coefficient (Wildman–Crippen LogP) is 1.92. The Balaban J connectivity index is 1.93. The van der Waals surface area contributed by atoms with Crippen molar-refractivity contribution < 1.29 is 0 Å². The summed E-state index contributed by atoms with van der Waals surface area (Å²) in [6.45, 7) is 2.72. The molecule has 68 valence electrons. The number of nitrogens with one attached hydrogen (secondary N) is 1. The first-order chi connectivity index (χ1) is 6.34. The summed E-state index contributed by atoms with van der Waals surface area (Å²) in [5.41, 5.74) is 1.05. The van der Waals surface area contributed by atoms with Gasteiger partial charge < -0.3 is 5.32 Å². The summed E-state index contributed by atoms with van der Waals surface area (Å²) in [7, 11) is 0. The molecule has 0 spiro atoms. The zero-order valence-electron chi connectivity index (χ0n) is 7.02. The van der Waals surface area contributed by atoms with Gasteiger partial charge in [-0.25, -0.2) is 9.97 Å². The van der Waals surface area contributed by atoms with Gasteiger partial charge in [-0.3, -0.25) is 0 Å². The first-order valence-corrected chi connectivity index (χ1v) is 5.41. The van der Waals surface area contributed by atoms with Gasteiger partial charge in [-0.05, 0) is 6.92 Å². The van der Waals surface area contributed by atoms with Gasteiger partial charge in [0.2, 0.25) is 5.13 Å². The number of aryl methyl sites for hydroxylation is 1. The Hall–Kier alpha value is -1.01. The highest BCUT2D eigenvalue weighted by Gasteiger charge is 1.99. The molecule has 2 rings (SSSR count). The van der Waals surface area contributed by atoms with E-state index >= 15 is 0 Å². The lowest BCUT2D eigenvalue weighted by atomic mass is 10.5. The van der Waals surface area contributed by atoms with E-state index in [1.54, 1.807) is 17.7 Å². The molecule has 0 atom stereocenters. The number of nitrogens with zero attached hydrogens (tertiary/aromatic N) is 3. The van der Waals surface area contributed by atoms with Crippen molar-refractivity contribution >= 4 is 28.0 Å². The van der Waals surface area contributed by atoms with Gasteiger partial charge in [-0.1, -0.05) is 0 Å². The topological polar surface area (TPSA) is 50.7 Å². The van der Waals surface area contributed by atoms with Crippen molar-refractivity contribution in [3.05, 3.63) is 22.4 Å². The predicted molar refractivity (Wildman–Crippen MR) is 54.1 cm³/mol. The molecular weight excluding hydrogens is 204 g/mol. The summed E-state index contributed by atoms with van der Waals surface area (Å²) in [4.78, 5) is 8.33. The maximum Gasteiger partial charge on any atom is 0.202 e. The fourth-order valence-electron chi connectivity index (χ4n) is 0.907. The standard InChI is InChI=1S/C7H8N4S2/c1-5-11-6(3-12-5)2-8-7-9-4-10-13-7/h3-4H,2H2,1H3,(H,8,9,10). The third-order valence-electron chi connectivity index (χ3n) is 1.45. The number of hydrogen-bond acceptors (Lipinski definition) is 6. The van der Waals surface area contributed by atoms with E-state index in [4.69, 9.17) is 0 Å². The number of aromatic nitrogens is 3. The van der Waals surface area contributed by atoms with E-state index in [2.05, 4.69) is 19.7 Å². The first-order valence-electron chi connectivity index (χ1n) is 3.76. The first kappa shape index (κ1) is 8.58. The highest BCUT2D eigenvalue weighted by Crippen LogP contribution is 2.11. The lowest BCUT2D eigenvalue weighted by Gasteiger charge is -1.96. The Labute approximate surface area is 83.8 Å². The fourth-order valence-corrected chi connectivity index (χ4v) is 1.94. The van der Waals surface area contributed by atoms with Crippen LogP contribution in [0.3, 0.4) is 0 Å². The lowest BCUT2D eigenvalue weighted by Crippen LogP contribution is -1.98. The van der Waals surface area contributed by atoms with Crippen LogP contribution in [0.15, 0.2) is 11.7 Å². The molecule has 13 heavy (non-hydrogen) atoms. The Kier molecular flexibility index (Phi) is 2.51. The van der Waals surface area contributed by atoms with E-state index in [1.807, 2.05) is 12.3 Å². The monoisotopic (exact) mass is 212 g/mol. The van der Waals surface area contributed by atoms with Crippen molar-refractivity contribution in [2.75, 3.05) is 5.32 Å². The zero-order valence-corrected chi connectivity index (χ0v) is 8.65. The van der Waals surface area contributed by atoms with Crippen LogP contribution in [0, 0.1) is 6.92 Å². The van der Waals surface area contributed by atoms with Crippen LogP contribution in [0.25, 0.3) is 0 Å². The van der Waals surface area contributed by atoms with E-state index < -0.39 is 0 Å². The van der Waals surface area contributed by atoms with Crippen LogP contribution in [0.2, 0.25) is 0 Å². The molecule has 2 heterocycles. The zero-order chi connectivity index (χ0) is 9.10. The molecule has 4 nitrogen and oxygen atoms in total. The normalized spacial score (nSPS) is 10.2. The van der Waals surface area contributed by atoms with Crippen LogP contribution in [0.5, 0.6) is 0 Å². The highest BCUT2D eigenvalue weighted by atomic mass is 32.1. The van der Waals surface area contributed by atoms with E-state index in [-0.39, 0.29) is 0 Å². The van der Waals surface area contributed by atoms with Crippen LogP contribution >= 0.6 is 22.9 Å². The number of hydrogen-bond donors (Lipinski definition) is 1. The van der Waals surface area contributed by atoms with Crippen LogP contribution in [-0.2, 0) is 6.54 Å². The van der Waals surface area contributed by atoms with Crippen molar-refractivity contribution in [1.29, 1.82) is 0 Å². The third-order valence-corrected chi connectivity index (χ3v) is 2.89. The maximum absolute atomic E-state index is 4.32. The molecule has 0 aliphatic heterocycles. The molecule has 2 aromatic heterocycles. The van der Waals surface area contributed by atoms with Crippen molar-refractivity contribution in [3.63, 3.8) is 0 Å². The molecule has 2 aromatic rings. The number of thiazole rings is 1. The van der Waals surface area contributed by atoms with Gasteiger partial charge in [-0.2, -0.15) is 4.37 Å². The quantitative estimate of drug-likeness (QED) is 0.844. The second-order valence-electron chi connectivity index (χ2n) is 2.46. The molecule has 0 radical (unpaired) electrons. The molecule has 6 heteroatoms. The molecule has 0 bridgehead atoms. The van der Waals surface area contributed by atoms with Crippen LogP contribution in [-0.4, -0.2) is 14.3 Å². The number of rotatable bonds is 3. The van der Waals surface area contributed by atoms with Gasteiger partial charge in [0.05, 0.1) is 17.2 Å². The van der Waals surface area contributed by atoms with Crippen LogP contribution in [0.1, 0.15) is 10.7 Å². The van der Waals surface area contributed by atoms with Gasteiger partial charge in [0, 0.05) is 16.9 Å². The average Bonchev–Trinajstić information content (AvgIpc) is 2.71. The molecule has 0 aromatic carbocycles. The molecular formula is C7H8N4S2. The molecule has 0 unspecified atom stereocenters. The molecule has 0 aliphatic rings. The Morgan fingerprint density at radius 3 is 3.08 bits per heavy atom. The van der Waals surface area contributed by atoms with E-state index in [0.717, 1.165) is 22.4 Å². The van der Waals surface area contributed by atoms with Gasteiger partial charge in [0.25, 0.3) is 0 Å². The second-order valence-corrected chi connectivity index (χ2v) is 4.30. The van der Waals surface area contributed by atoms with Gasteiger partial charge in [0.1, 0.15) is 6.33 Å². The summed E-state index contributed by atoms with van der Waals surface area (Å²) >= 11 is 3.01. The summed E-state index contributed by atoms with van der Waals surface area (Å²) in [5, 5.41) is 7.12. The smallest absolute Gasteiger partial charge is 0.202 e. The summed E-state index contributed by atoms with van der Waals surface area (Å²) in [5.74, 6) is 0. The fraction of sp³-hybridized carbons (Fsp3) is 0.286. The van der Waals surface area contributed by atoms with Crippen molar-refractivity contribution in [1.82, 2.24) is 14.3 Å². The van der Waals surface area contributed by atoms with E-state index in [0.29, 0.717) is 0 Å². The Morgan fingerprint density at radius 1 is 1.54 bits per heavy atom. The largest absolute Gasteiger partial charge is 0.355 e. The molecule has 0 saturated heterocycles. The second kappa shape index (κ2) is 3.80. The minimum atomic E-state index is 0.722. The highest BCUT2D eigenvalue weighted by molar-refractivity contribution is 7.09. The molecule has 0 aliphatic carbocycles. The minimum Gasteiger partial charge on any atom is -0.355 e. The Morgan fingerprint density at radius 2 is 2.46 bits per heavy atom. The molecule has 0 fully saturated rings. The molecule has 0 saturated carbocycles. The number of anilines is 1. The van der Waals surface area contributed by atoms with Gasteiger partial charge in [0.15, 0.2) is 0 Å². The molecule has 0 amide bonds. The van der Waals surface area contributed by atoms with E-state index in [9.17, 15) is 0 Å². The minimum absolute atomic E-state index is 0.722. The van der Waals surface area contributed by atoms with Crippen LogP contribution in [0.4, 0.5) is 5.13 Å². The van der Waals surface area contributed by atoms with E-state index in [1.165, 1.54) is 11.5 Å². The summed E-state index contributed by atoms with van der Waals surface area (Å²) in [6.07, 6.45) is 1.54. The van der Waals surface area contributed by atoms with Gasteiger partial charge >= 0.3 is 0 Å². The van der Waals surface area contributed by atoms with Crippen molar-refractivity contribution in [2.45, 2.75) is 13.5 Å². The summed E-state index contributed by atoms with van der Waals surface area (Å²) in [6, 6.07) is 0.